The SMILES string of the molecule is C1COCSC1.C1CSCO1. The van der Waals surface area contributed by atoms with E-state index in [0.717, 1.165) is 25.1 Å². The van der Waals surface area contributed by atoms with Crippen LogP contribution in [-0.2, 0) is 9.47 Å². The highest BCUT2D eigenvalue weighted by molar-refractivity contribution is 7.99. The second kappa shape index (κ2) is 7.28. The number of ether oxygens (including phenoxy) is 2. The molecule has 0 radical (unpaired) electrons. The third-order valence-corrected chi connectivity index (χ3v) is 2.98. The lowest BCUT2D eigenvalue weighted by atomic mass is 10.5. The third kappa shape index (κ3) is 5.84. The molecule has 4 heteroatoms. The molecule has 0 N–H and O–H groups in total. The van der Waals surface area contributed by atoms with Gasteiger partial charge < -0.3 is 9.47 Å². The normalized spacial score (nSPS) is 24.0. The molecule has 2 aliphatic heterocycles. The molecule has 0 aromatic rings. The van der Waals surface area contributed by atoms with Gasteiger partial charge in [0.2, 0.25) is 0 Å². The van der Waals surface area contributed by atoms with Gasteiger partial charge in [0.15, 0.2) is 0 Å². The first-order valence-corrected chi connectivity index (χ1v) is 6.12. The minimum atomic E-state index is 0.917. The molecule has 2 saturated heterocycles. The lowest BCUT2D eigenvalue weighted by Crippen LogP contribution is -2.01. The fraction of sp³-hybridized carbons (Fsp3) is 1.00. The molecule has 0 aromatic carbocycles. The van der Waals surface area contributed by atoms with Gasteiger partial charge in [0.25, 0.3) is 0 Å². The van der Waals surface area contributed by atoms with Crippen LogP contribution in [0.15, 0.2) is 0 Å². The van der Waals surface area contributed by atoms with E-state index in [4.69, 9.17) is 9.47 Å². The molecule has 0 aliphatic carbocycles. The third-order valence-electron chi connectivity index (χ3n) is 1.28. The highest BCUT2D eigenvalue weighted by Gasteiger charge is 1.95. The van der Waals surface area contributed by atoms with Crippen LogP contribution in [0, 0.1) is 0 Å². The van der Waals surface area contributed by atoms with E-state index in [2.05, 4.69) is 0 Å². The Morgan fingerprint density at radius 1 is 0.818 bits per heavy atom. The Kier molecular flexibility index (Phi) is 6.42. The summed E-state index contributed by atoms with van der Waals surface area (Å²) < 4.78 is 9.94. The van der Waals surface area contributed by atoms with Gasteiger partial charge in [0, 0.05) is 12.4 Å². The number of hydrogen-bond donors (Lipinski definition) is 0. The molecule has 2 aliphatic rings. The quantitative estimate of drug-likeness (QED) is 0.585. The minimum Gasteiger partial charge on any atom is -0.371 e. The monoisotopic (exact) mass is 194 g/mol. The van der Waals surface area contributed by atoms with Crippen molar-refractivity contribution in [1.29, 1.82) is 0 Å². The van der Waals surface area contributed by atoms with Crippen LogP contribution < -0.4 is 0 Å². The summed E-state index contributed by atoms with van der Waals surface area (Å²) in [6.45, 7) is 1.94. The van der Waals surface area contributed by atoms with Crippen molar-refractivity contribution < 1.29 is 9.47 Å². The maximum absolute atomic E-state index is 5.03. The Morgan fingerprint density at radius 2 is 1.55 bits per heavy atom. The van der Waals surface area contributed by atoms with Gasteiger partial charge in [-0.1, -0.05) is 0 Å². The zero-order valence-electron chi connectivity index (χ0n) is 6.58. The molecule has 0 amide bonds. The molecule has 11 heavy (non-hydrogen) atoms. The minimum absolute atomic E-state index is 0.917. The first-order valence-electron chi connectivity index (χ1n) is 3.81. The van der Waals surface area contributed by atoms with Crippen molar-refractivity contribution >= 4 is 23.5 Å². The second-order valence-corrected chi connectivity index (χ2v) is 4.33. The van der Waals surface area contributed by atoms with Gasteiger partial charge >= 0.3 is 0 Å². The van der Waals surface area contributed by atoms with E-state index < -0.39 is 0 Å². The van der Waals surface area contributed by atoms with Crippen LogP contribution in [0.3, 0.4) is 0 Å². The Morgan fingerprint density at radius 3 is 1.64 bits per heavy atom. The van der Waals surface area contributed by atoms with E-state index in [-0.39, 0.29) is 0 Å². The smallest absolute Gasteiger partial charge is 0.0922 e. The topological polar surface area (TPSA) is 18.5 Å². The second-order valence-electron chi connectivity index (χ2n) is 2.22. The van der Waals surface area contributed by atoms with E-state index in [1.807, 2.05) is 23.5 Å². The lowest BCUT2D eigenvalue weighted by molar-refractivity contribution is 0.176. The summed E-state index contributed by atoms with van der Waals surface area (Å²) >= 11 is 3.72. The van der Waals surface area contributed by atoms with Crippen LogP contribution in [0.25, 0.3) is 0 Å². The fourth-order valence-corrected chi connectivity index (χ4v) is 2.00. The summed E-state index contributed by atoms with van der Waals surface area (Å²) in [6, 6.07) is 0. The molecule has 0 saturated carbocycles. The van der Waals surface area contributed by atoms with Gasteiger partial charge in [-0.3, -0.25) is 0 Å². The van der Waals surface area contributed by atoms with E-state index in [1.54, 1.807) is 0 Å². The van der Waals surface area contributed by atoms with E-state index in [0.29, 0.717) is 0 Å². The Bertz CT molecular complexity index is 63.4. The van der Waals surface area contributed by atoms with Gasteiger partial charge in [-0.05, 0) is 12.2 Å². The van der Waals surface area contributed by atoms with E-state index in [1.165, 1.54) is 17.9 Å². The lowest BCUT2D eigenvalue weighted by Gasteiger charge is -2.07. The van der Waals surface area contributed by atoms with Gasteiger partial charge in [-0.15, -0.1) is 23.5 Å². The fourth-order valence-electron chi connectivity index (χ4n) is 0.734. The average molecular weight is 194 g/mol. The molecule has 0 spiro atoms. The Hall–Kier alpha value is 0.620. The molecule has 2 rings (SSSR count). The zero-order valence-corrected chi connectivity index (χ0v) is 8.22. The maximum Gasteiger partial charge on any atom is 0.0922 e. The number of rotatable bonds is 0. The summed E-state index contributed by atoms with van der Waals surface area (Å²) in [4.78, 5) is 0. The summed E-state index contributed by atoms with van der Waals surface area (Å²) in [6.07, 6.45) is 1.24. The molecule has 2 heterocycles. The predicted octanol–water partition coefficient (Wildman–Crippen LogP) is 1.80. The van der Waals surface area contributed by atoms with Crippen molar-refractivity contribution in [3.8, 4) is 0 Å². The molecule has 2 nitrogen and oxygen atoms in total. The largest absolute Gasteiger partial charge is 0.371 e. The summed E-state index contributed by atoms with van der Waals surface area (Å²) in [5.41, 5.74) is 0. The highest BCUT2D eigenvalue weighted by atomic mass is 32.2. The molecule has 0 bridgehead atoms. The van der Waals surface area contributed by atoms with Crippen LogP contribution in [0.5, 0.6) is 0 Å². The van der Waals surface area contributed by atoms with Crippen molar-refractivity contribution in [2.24, 2.45) is 0 Å². The summed E-state index contributed by atoms with van der Waals surface area (Å²) in [5, 5.41) is 0. The maximum atomic E-state index is 5.03. The molecular weight excluding hydrogens is 180 g/mol. The number of hydrogen-bond acceptors (Lipinski definition) is 4. The van der Waals surface area contributed by atoms with Crippen LogP contribution in [0.4, 0.5) is 0 Å². The van der Waals surface area contributed by atoms with Gasteiger partial charge in [0.05, 0.1) is 18.5 Å². The van der Waals surface area contributed by atoms with Gasteiger partial charge in [-0.25, -0.2) is 0 Å². The predicted molar refractivity (Wildman–Crippen MR) is 51.2 cm³/mol. The number of thioether (sulfide) groups is 2. The van der Waals surface area contributed by atoms with Crippen molar-refractivity contribution in [3.63, 3.8) is 0 Å². The Labute approximate surface area is 76.4 Å². The summed E-state index contributed by atoms with van der Waals surface area (Å²) in [7, 11) is 0. The Balaban J connectivity index is 0.000000112. The molecule has 2 fully saturated rings. The van der Waals surface area contributed by atoms with Crippen molar-refractivity contribution in [3.05, 3.63) is 0 Å². The van der Waals surface area contributed by atoms with Crippen LogP contribution in [-0.4, -0.2) is 36.6 Å². The van der Waals surface area contributed by atoms with Crippen molar-refractivity contribution in [1.82, 2.24) is 0 Å². The molecule has 66 valence electrons. The van der Waals surface area contributed by atoms with Crippen molar-refractivity contribution in [2.75, 3.05) is 36.6 Å². The highest BCUT2D eigenvalue weighted by Crippen LogP contribution is 2.08. The van der Waals surface area contributed by atoms with Crippen molar-refractivity contribution in [2.45, 2.75) is 6.42 Å². The molecular formula is C7H14O2S2. The van der Waals surface area contributed by atoms with Gasteiger partial charge in [-0.2, -0.15) is 0 Å². The average Bonchev–Trinajstić information content (AvgIpc) is 2.64. The van der Waals surface area contributed by atoms with E-state index >= 15 is 0 Å². The van der Waals surface area contributed by atoms with Crippen LogP contribution >= 0.6 is 23.5 Å². The van der Waals surface area contributed by atoms with Crippen LogP contribution in [0.2, 0.25) is 0 Å². The van der Waals surface area contributed by atoms with E-state index in [9.17, 15) is 0 Å². The molecule has 0 unspecified atom stereocenters. The molecule has 0 aromatic heterocycles. The standard InChI is InChI=1S/C4H8OS.C3H6OS/c1-2-5-4-6-3-1;1-2-5-3-4-1/h1-4H2;1-3H2. The van der Waals surface area contributed by atoms with Crippen LogP contribution in [0.1, 0.15) is 6.42 Å². The van der Waals surface area contributed by atoms with Gasteiger partial charge in [0.1, 0.15) is 0 Å². The summed E-state index contributed by atoms with van der Waals surface area (Å²) in [5.74, 6) is 4.32. The first kappa shape index (κ1) is 9.71. The molecule has 0 atom stereocenters. The zero-order chi connectivity index (χ0) is 7.78. The first-order chi connectivity index (χ1) is 5.50.